The van der Waals surface area contributed by atoms with Crippen molar-refractivity contribution in [2.24, 2.45) is 7.05 Å². The van der Waals surface area contributed by atoms with Crippen molar-refractivity contribution in [3.8, 4) is 10.6 Å². The number of rotatable bonds is 4. The van der Waals surface area contributed by atoms with Gasteiger partial charge in [-0.15, -0.1) is 11.3 Å². The summed E-state index contributed by atoms with van der Waals surface area (Å²) < 4.78 is 54.7. The van der Waals surface area contributed by atoms with Crippen LogP contribution in [0.5, 0.6) is 0 Å². The minimum absolute atomic E-state index is 0.202. The number of benzene rings is 1. The molecule has 0 spiro atoms. The SMILES string of the molecule is C=S(=O)(NC(=O)c1ccc(-c2cc(C(F)(F)F)nn2C)s1)c1ccc(C)cc1. The standard InChI is InChI=1S/C18H16F3N3O2S2/c1-11-4-6-12(7-5-11)28(3,26)23-17(25)15-9-8-14(27-15)13-10-16(18(19,20)21)22-24(13)2/h4-10H,3H2,1-2H3,(H,23,25,26). The van der Waals surface area contributed by atoms with E-state index in [4.69, 9.17) is 0 Å². The fraction of sp³-hybridized carbons (Fsp3) is 0.167. The van der Waals surface area contributed by atoms with Crippen LogP contribution in [0.15, 0.2) is 47.4 Å². The number of hydrogen-bond donors (Lipinski definition) is 1. The minimum Gasteiger partial charge on any atom is -0.274 e. The summed E-state index contributed by atoms with van der Waals surface area (Å²) in [5, 5.41) is 3.46. The summed E-state index contributed by atoms with van der Waals surface area (Å²) in [6.45, 7) is 1.88. The van der Waals surface area contributed by atoms with Gasteiger partial charge in [0.15, 0.2) is 5.69 Å². The molecule has 148 valence electrons. The van der Waals surface area contributed by atoms with Crippen LogP contribution >= 0.6 is 11.3 Å². The van der Waals surface area contributed by atoms with Gasteiger partial charge >= 0.3 is 6.18 Å². The maximum absolute atomic E-state index is 12.8. The molecule has 2 heterocycles. The number of hydrogen-bond acceptors (Lipinski definition) is 4. The Morgan fingerprint density at radius 1 is 1.21 bits per heavy atom. The predicted octanol–water partition coefficient (Wildman–Crippen LogP) is 3.90. The lowest BCUT2D eigenvalue weighted by Crippen LogP contribution is -2.29. The zero-order valence-corrected chi connectivity index (χ0v) is 16.5. The van der Waals surface area contributed by atoms with Gasteiger partial charge in [-0.2, -0.15) is 18.3 Å². The molecule has 1 atom stereocenters. The van der Waals surface area contributed by atoms with Crippen LogP contribution in [0.1, 0.15) is 20.9 Å². The molecule has 0 bridgehead atoms. The van der Waals surface area contributed by atoms with E-state index in [-0.39, 0.29) is 10.6 Å². The van der Waals surface area contributed by atoms with E-state index in [2.05, 4.69) is 15.7 Å². The lowest BCUT2D eigenvalue weighted by atomic mass is 10.2. The van der Waals surface area contributed by atoms with E-state index in [1.807, 2.05) is 6.92 Å². The molecule has 0 radical (unpaired) electrons. The highest BCUT2D eigenvalue weighted by Gasteiger charge is 2.35. The molecule has 28 heavy (non-hydrogen) atoms. The molecular weight excluding hydrogens is 411 g/mol. The minimum atomic E-state index is -4.55. The molecule has 5 nitrogen and oxygen atoms in total. The number of halogens is 3. The van der Waals surface area contributed by atoms with Crippen LogP contribution in [0.3, 0.4) is 0 Å². The summed E-state index contributed by atoms with van der Waals surface area (Å²) in [4.78, 5) is 13.5. The Morgan fingerprint density at radius 3 is 2.43 bits per heavy atom. The van der Waals surface area contributed by atoms with Gasteiger partial charge in [0.1, 0.15) is 0 Å². The average molecular weight is 427 g/mol. The first-order valence-electron chi connectivity index (χ1n) is 7.95. The van der Waals surface area contributed by atoms with Crippen molar-refractivity contribution in [1.82, 2.24) is 14.5 Å². The number of nitrogens with one attached hydrogen (secondary N) is 1. The van der Waals surface area contributed by atoms with Gasteiger partial charge in [0.25, 0.3) is 5.91 Å². The average Bonchev–Trinajstić information content (AvgIpc) is 3.21. The van der Waals surface area contributed by atoms with Crippen LogP contribution in [0, 0.1) is 6.92 Å². The number of nitrogens with zero attached hydrogens (tertiary/aromatic N) is 2. The third-order valence-corrected chi connectivity index (χ3v) is 6.57. The zero-order chi connectivity index (χ0) is 20.7. The fourth-order valence-electron chi connectivity index (χ4n) is 2.45. The highest BCUT2D eigenvalue weighted by atomic mass is 32.2. The smallest absolute Gasteiger partial charge is 0.274 e. The maximum Gasteiger partial charge on any atom is 0.435 e. The molecule has 1 unspecified atom stereocenters. The second-order valence-electron chi connectivity index (χ2n) is 6.12. The molecular formula is C18H16F3N3O2S2. The van der Waals surface area contributed by atoms with Crippen molar-refractivity contribution in [2.75, 3.05) is 0 Å². The fourth-order valence-corrected chi connectivity index (χ4v) is 4.57. The molecule has 0 saturated heterocycles. The van der Waals surface area contributed by atoms with Crippen molar-refractivity contribution in [1.29, 1.82) is 0 Å². The van der Waals surface area contributed by atoms with Gasteiger partial charge in [0, 0.05) is 11.9 Å². The van der Waals surface area contributed by atoms with Crippen molar-refractivity contribution < 1.29 is 22.2 Å². The maximum atomic E-state index is 12.8. The lowest BCUT2D eigenvalue weighted by molar-refractivity contribution is -0.141. The monoisotopic (exact) mass is 427 g/mol. The number of thiophene rings is 1. The lowest BCUT2D eigenvalue weighted by Gasteiger charge is -2.11. The van der Waals surface area contributed by atoms with Gasteiger partial charge in [-0.3, -0.25) is 14.2 Å². The summed E-state index contributed by atoms with van der Waals surface area (Å²) in [7, 11) is -1.67. The van der Waals surface area contributed by atoms with Crippen LogP contribution in [0.25, 0.3) is 10.6 Å². The molecule has 3 aromatic rings. The summed E-state index contributed by atoms with van der Waals surface area (Å²) in [6, 6.07) is 10.7. The number of aromatic nitrogens is 2. The van der Waals surface area contributed by atoms with Gasteiger partial charge in [0.2, 0.25) is 0 Å². The van der Waals surface area contributed by atoms with E-state index in [9.17, 15) is 22.2 Å². The Labute approximate surface area is 164 Å². The largest absolute Gasteiger partial charge is 0.435 e. The van der Waals surface area contributed by atoms with Crippen molar-refractivity contribution in [3.05, 3.63) is 58.6 Å². The van der Waals surface area contributed by atoms with E-state index in [1.165, 1.54) is 19.2 Å². The molecule has 1 N–H and O–H groups in total. The second kappa shape index (κ2) is 7.10. The molecule has 1 aromatic carbocycles. The highest BCUT2D eigenvalue weighted by Crippen LogP contribution is 2.34. The van der Waals surface area contributed by atoms with E-state index in [0.29, 0.717) is 9.77 Å². The first-order chi connectivity index (χ1) is 13.0. The topological polar surface area (TPSA) is 64.0 Å². The van der Waals surface area contributed by atoms with Crippen LogP contribution in [0.4, 0.5) is 13.2 Å². The van der Waals surface area contributed by atoms with Gasteiger partial charge in [-0.05, 0) is 43.1 Å². The van der Waals surface area contributed by atoms with Gasteiger partial charge in [-0.1, -0.05) is 17.7 Å². The molecule has 0 aliphatic carbocycles. The Bertz CT molecular complexity index is 1130. The quantitative estimate of drug-likeness (QED) is 0.643. The van der Waals surface area contributed by atoms with Crippen molar-refractivity contribution in [2.45, 2.75) is 18.0 Å². The molecule has 0 saturated carbocycles. The van der Waals surface area contributed by atoms with Crippen LogP contribution in [-0.4, -0.2) is 25.8 Å². The number of carbonyl (C=O) groups is 1. The zero-order valence-electron chi connectivity index (χ0n) is 14.9. The van der Waals surface area contributed by atoms with Crippen molar-refractivity contribution in [3.63, 3.8) is 0 Å². The van der Waals surface area contributed by atoms with Gasteiger partial charge in [-0.25, -0.2) is 4.21 Å². The predicted molar refractivity (Wildman–Crippen MR) is 104 cm³/mol. The Morgan fingerprint density at radius 2 is 1.86 bits per heavy atom. The molecule has 2 aromatic heterocycles. The van der Waals surface area contributed by atoms with Crippen LogP contribution < -0.4 is 4.72 Å². The molecule has 0 aliphatic rings. The van der Waals surface area contributed by atoms with E-state index in [0.717, 1.165) is 27.6 Å². The summed E-state index contributed by atoms with van der Waals surface area (Å²) in [5.41, 5.74) is 0.192. The first kappa shape index (κ1) is 20.2. The molecule has 0 fully saturated rings. The Balaban J connectivity index is 1.83. The summed E-state index contributed by atoms with van der Waals surface area (Å²) in [6.07, 6.45) is -4.55. The van der Waals surface area contributed by atoms with Crippen LogP contribution in [-0.2, 0) is 22.9 Å². The normalized spacial score (nSPS) is 13.9. The summed E-state index contributed by atoms with van der Waals surface area (Å²) >= 11 is 0.977. The third-order valence-electron chi connectivity index (χ3n) is 3.91. The number of carbonyl (C=O) groups excluding carboxylic acids is 1. The van der Waals surface area contributed by atoms with Crippen LogP contribution in [0.2, 0.25) is 0 Å². The number of amides is 1. The second-order valence-corrected chi connectivity index (χ2v) is 9.23. The molecule has 0 aliphatic heterocycles. The molecule has 10 heteroatoms. The van der Waals surface area contributed by atoms with E-state index < -0.39 is 27.5 Å². The molecule has 1 amide bonds. The van der Waals surface area contributed by atoms with Crippen molar-refractivity contribution >= 4 is 32.8 Å². The first-order valence-corrected chi connectivity index (χ1v) is 10.5. The van der Waals surface area contributed by atoms with E-state index in [1.54, 1.807) is 24.3 Å². The summed E-state index contributed by atoms with van der Waals surface area (Å²) in [5.74, 6) is 2.99. The van der Waals surface area contributed by atoms with Gasteiger partial charge < -0.3 is 0 Å². The number of alkyl halides is 3. The Kier molecular flexibility index (Phi) is 5.11. The van der Waals surface area contributed by atoms with Gasteiger partial charge in [0.05, 0.1) is 25.2 Å². The third kappa shape index (κ3) is 4.12. The number of aryl methyl sites for hydroxylation is 2. The van der Waals surface area contributed by atoms with E-state index >= 15 is 0 Å². The highest BCUT2D eigenvalue weighted by molar-refractivity contribution is 7.99. The molecule has 3 rings (SSSR count). The Hall–Kier alpha value is -2.59.